The summed E-state index contributed by atoms with van der Waals surface area (Å²) in [5, 5.41) is 23.1. The van der Waals surface area contributed by atoms with E-state index in [1.807, 2.05) is 0 Å². The molecule has 0 aromatic heterocycles. The molecule has 49 heavy (non-hydrogen) atoms. The zero-order chi connectivity index (χ0) is 35.7. The number of nitrogens with one attached hydrogen (secondary N) is 1. The highest BCUT2D eigenvalue weighted by molar-refractivity contribution is 5.76. The molecule has 0 bridgehead atoms. The quantitative estimate of drug-likeness (QED) is 0.0441. The van der Waals surface area contributed by atoms with E-state index < -0.39 is 12.1 Å². The first-order valence-electron chi connectivity index (χ1n) is 22.4. The van der Waals surface area contributed by atoms with Gasteiger partial charge in [-0.3, -0.25) is 4.79 Å². The predicted octanol–water partition coefficient (Wildman–Crippen LogP) is 13.9. The van der Waals surface area contributed by atoms with E-state index in [4.69, 9.17) is 0 Å². The Balaban J connectivity index is 3.46. The van der Waals surface area contributed by atoms with Crippen LogP contribution in [0.3, 0.4) is 0 Å². The van der Waals surface area contributed by atoms with Crippen LogP contribution in [0.15, 0.2) is 12.2 Å². The van der Waals surface area contributed by atoms with Crippen LogP contribution in [0.4, 0.5) is 0 Å². The van der Waals surface area contributed by atoms with Crippen LogP contribution in [0, 0.1) is 0 Å². The number of hydrogen-bond donors (Lipinski definition) is 3. The molecule has 0 aromatic rings. The van der Waals surface area contributed by atoms with Gasteiger partial charge in [0.1, 0.15) is 0 Å². The number of aliphatic hydroxyl groups is 2. The lowest BCUT2D eigenvalue weighted by Crippen LogP contribution is -2.45. The van der Waals surface area contributed by atoms with Gasteiger partial charge in [0.25, 0.3) is 0 Å². The van der Waals surface area contributed by atoms with Crippen molar-refractivity contribution in [2.24, 2.45) is 0 Å². The van der Waals surface area contributed by atoms with Crippen molar-refractivity contribution >= 4 is 5.91 Å². The molecule has 0 aliphatic carbocycles. The van der Waals surface area contributed by atoms with Crippen molar-refractivity contribution in [1.29, 1.82) is 0 Å². The zero-order valence-electron chi connectivity index (χ0n) is 33.5. The minimum absolute atomic E-state index is 0.0315. The van der Waals surface area contributed by atoms with Crippen LogP contribution >= 0.6 is 0 Å². The lowest BCUT2D eigenvalue weighted by Gasteiger charge is -2.22. The molecule has 0 saturated carbocycles. The number of carbonyl (C=O) groups is 1. The van der Waals surface area contributed by atoms with E-state index in [-0.39, 0.29) is 12.5 Å². The first-order chi connectivity index (χ1) is 24.2. The van der Waals surface area contributed by atoms with Crippen molar-refractivity contribution in [3.05, 3.63) is 12.2 Å². The van der Waals surface area contributed by atoms with E-state index in [2.05, 4.69) is 31.3 Å². The first kappa shape index (κ1) is 48.1. The van der Waals surface area contributed by atoms with Crippen molar-refractivity contribution < 1.29 is 15.0 Å². The summed E-state index contributed by atoms with van der Waals surface area (Å²) in [6.07, 6.45) is 51.5. The largest absolute Gasteiger partial charge is 0.394 e. The number of hydrogen-bond acceptors (Lipinski definition) is 3. The molecule has 0 radical (unpaired) electrons. The van der Waals surface area contributed by atoms with Crippen molar-refractivity contribution in [2.45, 2.75) is 264 Å². The minimum atomic E-state index is -0.655. The van der Waals surface area contributed by atoms with Crippen LogP contribution in [-0.2, 0) is 4.79 Å². The summed E-state index contributed by atoms with van der Waals surface area (Å²) in [4.78, 5) is 12.4. The normalized spacial score (nSPS) is 13.0. The number of amides is 1. The lowest BCUT2D eigenvalue weighted by molar-refractivity contribution is -0.123. The van der Waals surface area contributed by atoms with Gasteiger partial charge in [-0.05, 0) is 38.5 Å². The molecule has 3 N–H and O–H groups in total. The minimum Gasteiger partial charge on any atom is -0.394 e. The van der Waals surface area contributed by atoms with E-state index in [9.17, 15) is 15.0 Å². The second kappa shape index (κ2) is 41.5. The lowest BCUT2D eigenvalue weighted by atomic mass is 10.0. The molecule has 4 nitrogen and oxygen atoms in total. The van der Waals surface area contributed by atoms with Crippen LogP contribution in [0.5, 0.6) is 0 Å². The molecule has 2 atom stereocenters. The molecule has 1 amide bonds. The smallest absolute Gasteiger partial charge is 0.220 e. The third-order valence-corrected chi connectivity index (χ3v) is 10.5. The van der Waals surface area contributed by atoms with Gasteiger partial charge in [0, 0.05) is 6.42 Å². The van der Waals surface area contributed by atoms with Crippen LogP contribution in [-0.4, -0.2) is 34.9 Å². The van der Waals surface area contributed by atoms with Gasteiger partial charge >= 0.3 is 0 Å². The second-order valence-electron chi connectivity index (χ2n) is 15.5. The molecule has 0 heterocycles. The van der Waals surface area contributed by atoms with Gasteiger partial charge in [-0.25, -0.2) is 0 Å². The van der Waals surface area contributed by atoms with Gasteiger partial charge < -0.3 is 15.5 Å². The molecule has 2 unspecified atom stereocenters. The van der Waals surface area contributed by atoms with E-state index in [1.165, 1.54) is 199 Å². The van der Waals surface area contributed by atoms with Gasteiger partial charge in [0.15, 0.2) is 0 Å². The number of rotatable bonds is 41. The number of unbranched alkanes of at least 4 members (excludes halogenated alkanes) is 32. The van der Waals surface area contributed by atoms with Crippen molar-refractivity contribution in [3.63, 3.8) is 0 Å². The number of carbonyl (C=O) groups excluding carboxylic acids is 1. The highest BCUT2D eigenvalue weighted by Gasteiger charge is 2.20. The average molecular weight is 692 g/mol. The summed E-state index contributed by atoms with van der Waals surface area (Å²) < 4.78 is 0. The molecule has 292 valence electrons. The molecule has 0 aromatic carbocycles. The Labute approximate surface area is 307 Å². The molecule has 0 spiro atoms. The van der Waals surface area contributed by atoms with Crippen molar-refractivity contribution in [2.75, 3.05) is 6.61 Å². The fourth-order valence-electron chi connectivity index (χ4n) is 7.06. The van der Waals surface area contributed by atoms with E-state index in [0.29, 0.717) is 12.8 Å². The monoisotopic (exact) mass is 692 g/mol. The summed E-state index contributed by atoms with van der Waals surface area (Å²) in [7, 11) is 0. The fraction of sp³-hybridized carbons (Fsp3) is 0.933. The maximum Gasteiger partial charge on any atom is 0.220 e. The predicted molar refractivity (Wildman–Crippen MR) is 216 cm³/mol. The summed E-state index contributed by atoms with van der Waals surface area (Å²) in [5.41, 5.74) is 0. The molecular weight excluding hydrogens is 602 g/mol. The van der Waals surface area contributed by atoms with Crippen LogP contribution in [0.1, 0.15) is 251 Å². The van der Waals surface area contributed by atoms with Gasteiger partial charge in [0.05, 0.1) is 18.8 Å². The Kier molecular flexibility index (Phi) is 40.8. The highest BCUT2D eigenvalue weighted by atomic mass is 16.3. The number of allylic oxidation sites excluding steroid dienone is 2. The maximum atomic E-state index is 12.4. The van der Waals surface area contributed by atoms with Gasteiger partial charge in [-0.2, -0.15) is 0 Å². The summed E-state index contributed by atoms with van der Waals surface area (Å²) in [5.74, 6) is -0.0315. The van der Waals surface area contributed by atoms with E-state index in [0.717, 1.165) is 25.7 Å². The summed E-state index contributed by atoms with van der Waals surface area (Å²) in [6, 6.07) is -0.532. The fourth-order valence-corrected chi connectivity index (χ4v) is 7.06. The molecule has 0 aliphatic rings. The van der Waals surface area contributed by atoms with Gasteiger partial charge in [-0.1, -0.05) is 219 Å². The summed E-state index contributed by atoms with van der Waals surface area (Å²) >= 11 is 0. The molecule has 0 fully saturated rings. The molecule has 0 saturated heterocycles. The third kappa shape index (κ3) is 38.2. The topological polar surface area (TPSA) is 69.6 Å². The highest BCUT2D eigenvalue weighted by Crippen LogP contribution is 2.16. The van der Waals surface area contributed by atoms with Crippen LogP contribution < -0.4 is 5.32 Å². The van der Waals surface area contributed by atoms with Gasteiger partial charge in [0.2, 0.25) is 5.91 Å². The van der Waals surface area contributed by atoms with E-state index in [1.54, 1.807) is 0 Å². The number of aliphatic hydroxyl groups excluding tert-OH is 2. The first-order valence-corrected chi connectivity index (χ1v) is 22.4. The Morgan fingerprint density at radius 1 is 0.469 bits per heavy atom. The standard InChI is InChI=1S/C45H89NO3/c1-3-5-7-9-11-13-15-17-18-19-20-21-22-23-24-25-26-27-28-29-31-33-35-37-39-41-45(49)46-43(42-47)44(48)40-38-36-34-32-30-16-14-12-10-8-6-4-2/h23-24,43-44,47-48H,3-22,25-42H2,1-2H3,(H,46,49)/b24-23-. The Hall–Kier alpha value is -0.870. The average Bonchev–Trinajstić information content (AvgIpc) is 3.10. The van der Waals surface area contributed by atoms with Crippen LogP contribution in [0.25, 0.3) is 0 Å². The SMILES string of the molecule is CCCCCCCCCCCCCC/C=C\CCCCCCCCCCCC(=O)NC(CO)C(O)CCCCCCCCCCCCCC. The van der Waals surface area contributed by atoms with Crippen LogP contribution in [0.2, 0.25) is 0 Å². The maximum absolute atomic E-state index is 12.4. The van der Waals surface area contributed by atoms with E-state index >= 15 is 0 Å². The third-order valence-electron chi connectivity index (χ3n) is 10.5. The van der Waals surface area contributed by atoms with Gasteiger partial charge in [-0.15, -0.1) is 0 Å². The molecule has 4 heteroatoms. The Bertz CT molecular complexity index is 666. The molecule has 0 rings (SSSR count). The molecule has 0 aliphatic heterocycles. The van der Waals surface area contributed by atoms with Crippen molar-refractivity contribution in [3.8, 4) is 0 Å². The van der Waals surface area contributed by atoms with Crippen molar-refractivity contribution in [1.82, 2.24) is 5.32 Å². The Morgan fingerprint density at radius 3 is 1.12 bits per heavy atom. The Morgan fingerprint density at radius 2 is 0.776 bits per heavy atom. The zero-order valence-corrected chi connectivity index (χ0v) is 33.5. The summed E-state index contributed by atoms with van der Waals surface area (Å²) in [6.45, 7) is 4.37. The second-order valence-corrected chi connectivity index (χ2v) is 15.5. The molecular formula is C45H89NO3.